The highest BCUT2D eigenvalue weighted by Crippen LogP contribution is 2.33. The van der Waals surface area contributed by atoms with Crippen LogP contribution in [-0.4, -0.2) is 50.7 Å². The molecule has 1 heterocycles. The molecule has 2 amide bonds. The molecule has 1 N–H and O–H groups in total. The fourth-order valence-electron chi connectivity index (χ4n) is 3.30. The van der Waals surface area contributed by atoms with Crippen LogP contribution in [0.2, 0.25) is 5.02 Å². The lowest BCUT2D eigenvalue weighted by Gasteiger charge is -2.15. The van der Waals surface area contributed by atoms with Gasteiger partial charge in [0.25, 0.3) is 11.8 Å². The average molecular weight is 445 g/mol. The Labute approximate surface area is 186 Å². The highest BCUT2D eigenvalue weighted by molar-refractivity contribution is 6.36. The standard InChI is InChI=1S/C23H25ClN2O5/c1-4-31-17-9-6-15(7-10-17)20-21(23(28)26(22(20)27)12-5-13-29-2)25-16-8-11-19(30-3)18(24)14-16/h6-11,14,25H,4-5,12-13H2,1-3H3. The number of nitrogens with one attached hydrogen (secondary N) is 1. The summed E-state index contributed by atoms with van der Waals surface area (Å²) in [7, 11) is 3.11. The van der Waals surface area contributed by atoms with Crippen molar-refractivity contribution in [2.75, 3.05) is 39.3 Å². The number of imide groups is 1. The molecule has 0 unspecified atom stereocenters. The third kappa shape index (κ3) is 5.00. The van der Waals surface area contributed by atoms with E-state index < -0.39 is 5.91 Å². The molecule has 0 radical (unpaired) electrons. The van der Waals surface area contributed by atoms with Gasteiger partial charge in [0.2, 0.25) is 0 Å². The molecule has 0 aliphatic carbocycles. The van der Waals surface area contributed by atoms with Crippen LogP contribution >= 0.6 is 11.6 Å². The van der Waals surface area contributed by atoms with Crippen molar-refractivity contribution in [2.45, 2.75) is 13.3 Å². The Balaban J connectivity index is 1.98. The van der Waals surface area contributed by atoms with Gasteiger partial charge in [0.05, 0.1) is 24.3 Å². The molecule has 1 aliphatic rings. The van der Waals surface area contributed by atoms with Crippen LogP contribution in [0.5, 0.6) is 11.5 Å². The minimum atomic E-state index is -0.392. The van der Waals surface area contributed by atoms with Gasteiger partial charge in [-0.15, -0.1) is 0 Å². The lowest BCUT2D eigenvalue weighted by atomic mass is 10.0. The highest BCUT2D eigenvalue weighted by Gasteiger charge is 2.38. The lowest BCUT2D eigenvalue weighted by Crippen LogP contribution is -2.33. The van der Waals surface area contributed by atoms with Gasteiger partial charge >= 0.3 is 0 Å². The number of rotatable bonds is 10. The fraction of sp³-hybridized carbons (Fsp3) is 0.304. The van der Waals surface area contributed by atoms with Gasteiger partial charge in [-0.2, -0.15) is 0 Å². The number of carbonyl (C=O) groups is 2. The van der Waals surface area contributed by atoms with E-state index in [9.17, 15) is 9.59 Å². The van der Waals surface area contributed by atoms with Crippen LogP contribution in [0, 0.1) is 0 Å². The van der Waals surface area contributed by atoms with Crippen molar-refractivity contribution in [3.63, 3.8) is 0 Å². The summed E-state index contributed by atoms with van der Waals surface area (Å²) in [5.41, 5.74) is 1.70. The van der Waals surface area contributed by atoms with Crippen LogP contribution in [0.3, 0.4) is 0 Å². The van der Waals surface area contributed by atoms with Gasteiger partial charge in [-0.1, -0.05) is 23.7 Å². The maximum absolute atomic E-state index is 13.2. The molecule has 0 atom stereocenters. The quantitative estimate of drug-likeness (QED) is 0.441. The molecule has 0 saturated carbocycles. The van der Waals surface area contributed by atoms with E-state index in [0.717, 1.165) is 0 Å². The van der Waals surface area contributed by atoms with Gasteiger partial charge in [0.1, 0.15) is 17.2 Å². The molecule has 2 aromatic carbocycles. The normalized spacial score (nSPS) is 13.7. The second-order valence-corrected chi connectivity index (χ2v) is 7.20. The van der Waals surface area contributed by atoms with Crippen molar-refractivity contribution in [1.82, 2.24) is 4.90 Å². The van der Waals surface area contributed by atoms with E-state index in [4.69, 9.17) is 25.8 Å². The van der Waals surface area contributed by atoms with Gasteiger partial charge in [0, 0.05) is 25.9 Å². The molecule has 164 valence electrons. The van der Waals surface area contributed by atoms with E-state index in [2.05, 4.69) is 5.32 Å². The predicted molar refractivity (Wildman–Crippen MR) is 119 cm³/mol. The zero-order chi connectivity index (χ0) is 22.4. The van der Waals surface area contributed by atoms with Gasteiger partial charge < -0.3 is 19.5 Å². The van der Waals surface area contributed by atoms with Crippen molar-refractivity contribution in [3.8, 4) is 11.5 Å². The molecule has 3 rings (SSSR count). The first-order valence-corrected chi connectivity index (χ1v) is 10.3. The monoisotopic (exact) mass is 444 g/mol. The van der Waals surface area contributed by atoms with Crippen LogP contribution in [0.4, 0.5) is 5.69 Å². The van der Waals surface area contributed by atoms with E-state index >= 15 is 0 Å². The SMILES string of the molecule is CCOc1ccc(C2=C(Nc3ccc(OC)c(Cl)c3)C(=O)N(CCCOC)C2=O)cc1. The van der Waals surface area contributed by atoms with Gasteiger partial charge in [0.15, 0.2) is 0 Å². The summed E-state index contributed by atoms with van der Waals surface area (Å²) in [4.78, 5) is 27.5. The Kier molecular flexibility index (Phi) is 7.55. The molecule has 2 aromatic rings. The molecule has 8 heteroatoms. The number of hydrogen-bond donors (Lipinski definition) is 1. The van der Waals surface area contributed by atoms with Gasteiger partial charge in [-0.25, -0.2) is 0 Å². The number of anilines is 1. The second-order valence-electron chi connectivity index (χ2n) is 6.79. The van der Waals surface area contributed by atoms with Crippen molar-refractivity contribution in [3.05, 3.63) is 58.7 Å². The highest BCUT2D eigenvalue weighted by atomic mass is 35.5. The summed E-state index contributed by atoms with van der Waals surface area (Å²) in [5, 5.41) is 3.48. The maximum atomic E-state index is 13.2. The number of amides is 2. The molecule has 0 aromatic heterocycles. The van der Waals surface area contributed by atoms with Gasteiger partial charge in [-0.3, -0.25) is 14.5 Å². The fourth-order valence-corrected chi connectivity index (χ4v) is 3.56. The van der Waals surface area contributed by atoms with Crippen LogP contribution < -0.4 is 14.8 Å². The Morgan fingerprint density at radius 1 is 1.03 bits per heavy atom. The summed E-state index contributed by atoms with van der Waals surface area (Å²) in [6.45, 7) is 3.15. The minimum Gasteiger partial charge on any atom is -0.495 e. The Hall–Kier alpha value is -3.03. The van der Waals surface area contributed by atoms with Crippen molar-refractivity contribution >= 4 is 34.7 Å². The van der Waals surface area contributed by atoms with Crippen LogP contribution in [0.25, 0.3) is 5.57 Å². The first-order chi connectivity index (χ1) is 15.0. The second kappa shape index (κ2) is 10.3. The average Bonchev–Trinajstić information content (AvgIpc) is 2.99. The van der Waals surface area contributed by atoms with Crippen molar-refractivity contribution in [2.24, 2.45) is 0 Å². The summed E-state index contributed by atoms with van der Waals surface area (Å²) < 4.78 is 15.7. The number of ether oxygens (including phenoxy) is 3. The van der Waals surface area contributed by atoms with Gasteiger partial charge in [-0.05, 0) is 49.2 Å². The number of methoxy groups -OCH3 is 2. The molecule has 0 saturated heterocycles. The molecular formula is C23H25ClN2O5. The summed E-state index contributed by atoms with van der Waals surface area (Å²) in [6.07, 6.45) is 0.548. The first-order valence-electron chi connectivity index (χ1n) is 9.93. The van der Waals surface area contributed by atoms with Crippen LogP contribution in [0.15, 0.2) is 48.2 Å². The van der Waals surface area contributed by atoms with Crippen molar-refractivity contribution < 1.29 is 23.8 Å². The number of nitrogens with zero attached hydrogens (tertiary/aromatic N) is 1. The van der Waals surface area contributed by atoms with Crippen LogP contribution in [0.1, 0.15) is 18.9 Å². The minimum absolute atomic E-state index is 0.202. The molecule has 1 aliphatic heterocycles. The Morgan fingerprint density at radius 3 is 2.39 bits per heavy atom. The van der Waals surface area contributed by atoms with E-state index in [1.54, 1.807) is 49.6 Å². The third-order valence-electron chi connectivity index (χ3n) is 4.77. The van der Waals surface area contributed by atoms with E-state index in [-0.39, 0.29) is 18.1 Å². The predicted octanol–water partition coefficient (Wildman–Crippen LogP) is 3.98. The van der Waals surface area contributed by atoms with E-state index in [0.29, 0.717) is 53.0 Å². The first kappa shape index (κ1) is 22.7. The smallest absolute Gasteiger partial charge is 0.278 e. The van der Waals surface area contributed by atoms with Crippen molar-refractivity contribution in [1.29, 1.82) is 0 Å². The lowest BCUT2D eigenvalue weighted by molar-refractivity contribution is -0.136. The number of carbonyl (C=O) groups excluding carboxylic acids is 2. The third-order valence-corrected chi connectivity index (χ3v) is 5.07. The summed E-state index contributed by atoms with van der Waals surface area (Å²) in [5.74, 6) is 0.462. The topological polar surface area (TPSA) is 77.1 Å². The molecule has 0 spiro atoms. The van der Waals surface area contributed by atoms with E-state index in [1.807, 2.05) is 6.92 Å². The number of halogens is 1. The van der Waals surface area contributed by atoms with E-state index in [1.165, 1.54) is 12.0 Å². The largest absolute Gasteiger partial charge is 0.495 e. The zero-order valence-electron chi connectivity index (χ0n) is 17.7. The summed E-state index contributed by atoms with van der Waals surface area (Å²) in [6, 6.07) is 12.2. The molecule has 0 bridgehead atoms. The number of hydrogen-bond acceptors (Lipinski definition) is 6. The Morgan fingerprint density at radius 2 is 1.77 bits per heavy atom. The zero-order valence-corrected chi connectivity index (χ0v) is 18.5. The number of benzene rings is 2. The molecule has 7 nitrogen and oxygen atoms in total. The molecule has 0 fully saturated rings. The summed E-state index contributed by atoms with van der Waals surface area (Å²) >= 11 is 6.22. The molecule has 31 heavy (non-hydrogen) atoms. The van der Waals surface area contributed by atoms with Crippen LogP contribution in [-0.2, 0) is 14.3 Å². The maximum Gasteiger partial charge on any atom is 0.278 e. The molecular weight excluding hydrogens is 420 g/mol. The Bertz CT molecular complexity index is 988.